The molecule has 0 radical (unpaired) electrons. The molecule has 0 saturated heterocycles. The van der Waals surface area contributed by atoms with Gasteiger partial charge in [-0.15, -0.1) is 0 Å². The number of hydrogen-bond acceptors (Lipinski definition) is 2. The molecule has 0 aliphatic carbocycles. The van der Waals surface area contributed by atoms with E-state index in [4.69, 9.17) is 4.42 Å². The fraction of sp³-hybridized carbons (Fsp3) is 0.357. The van der Waals surface area contributed by atoms with E-state index in [0.29, 0.717) is 11.5 Å². The Hall–Kier alpha value is -1.57. The maximum atomic E-state index is 11.5. The lowest BCUT2D eigenvalue weighted by Crippen LogP contribution is -2.04. The molecular formula is C14H16O2. The van der Waals surface area contributed by atoms with Crippen molar-refractivity contribution in [2.75, 3.05) is 0 Å². The van der Waals surface area contributed by atoms with Gasteiger partial charge in [0.15, 0.2) is 0 Å². The molecule has 0 spiro atoms. The van der Waals surface area contributed by atoms with Gasteiger partial charge < -0.3 is 4.42 Å². The first-order valence-corrected chi connectivity index (χ1v) is 5.79. The molecule has 0 saturated carbocycles. The molecule has 0 aliphatic rings. The Balaban J connectivity index is 2.71. The van der Waals surface area contributed by atoms with Crippen LogP contribution in [0.2, 0.25) is 0 Å². The molecule has 0 bridgehead atoms. The molecule has 2 rings (SSSR count). The van der Waals surface area contributed by atoms with E-state index >= 15 is 0 Å². The standard InChI is InChI=1S/C14H16O2/c1-3-10(4-2)12-9-14(15)16-13-8-6-5-7-11(12)13/h5-10H,3-4H2,1-2H3. The van der Waals surface area contributed by atoms with E-state index in [1.165, 1.54) is 0 Å². The van der Waals surface area contributed by atoms with E-state index in [2.05, 4.69) is 13.8 Å². The van der Waals surface area contributed by atoms with E-state index in [0.717, 1.165) is 23.8 Å². The normalized spacial score (nSPS) is 11.2. The van der Waals surface area contributed by atoms with Crippen LogP contribution in [0.4, 0.5) is 0 Å². The Labute approximate surface area is 94.9 Å². The summed E-state index contributed by atoms with van der Waals surface area (Å²) in [7, 11) is 0. The number of fused-ring (bicyclic) bond motifs is 1. The molecule has 0 atom stereocenters. The average Bonchev–Trinajstić information content (AvgIpc) is 2.30. The van der Waals surface area contributed by atoms with Crippen molar-refractivity contribution in [3.63, 3.8) is 0 Å². The van der Waals surface area contributed by atoms with Gasteiger partial charge in [-0.3, -0.25) is 0 Å². The number of rotatable bonds is 3. The molecule has 1 heterocycles. The van der Waals surface area contributed by atoms with Crippen LogP contribution in [0.3, 0.4) is 0 Å². The smallest absolute Gasteiger partial charge is 0.336 e. The molecular weight excluding hydrogens is 200 g/mol. The van der Waals surface area contributed by atoms with Crippen LogP contribution in [0.25, 0.3) is 11.0 Å². The summed E-state index contributed by atoms with van der Waals surface area (Å²) in [6.07, 6.45) is 2.09. The first-order chi connectivity index (χ1) is 7.76. The van der Waals surface area contributed by atoms with Crippen molar-refractivity contribution in [2.45, 2.75) is 32.6 Å². The van der Waals surface area contributed by atoms with E-state index in [9.17, 15) is 4.79 Å². The van der Waals surface area contributed by atoms with Crippen LogP contribution in [0.5, 0.6) is 0 Å². The molecule has 2 heteroatoms. The second kappa shape index (κ2) is 4.52. The third kappa shape index (κ3) is 1.87. The summed E-state index contributed by atoms with van der Waals surface area (Å²) < 4.78 is 5.19. The molecule has 84 valence electrons. The van der Waals surface area contributed by atoms with Crippen LogP contribution in [0, 0.1) is 0 Å². The van der Waals surface area contributed by atoms with Crippen LogP contribution >= 0.6 is 0 Å². The van der Waals surface area contributed by atoms with Crippen molar-refractivity contribution in [1.29, 1.82) is 0 Å². The maximum Gasteiger partial charge on any atom is 0.336 e. The molecule has 0 fully saturated rings. The van der Waals surface area contributed by atoms with Gasteiger partial charge in [-0.25, -0.2) is 4.79 Å². The van der Waals surface area contributed by atoms with Gasteiger partial charge in [0.25, 0.3) is 0 Å². The second-order valence-electron chi connectivity index (χ2n) is 4.03. The van der Waals surface area contributed by atoms with Crippen LogP contribution < -0.4 is 5.63 Å². The summed E-state index contributed by atoms with van der Waals surface area (Å²) in [4.78, 5) is 11.5. The molecule has 1 aromatic heterocycles. The highest BCUT2D eigenvalue weighted by Gasteiger charge is 2.12. The molecule has 0 aliphatic heterocycles. The highest BCUT2D eigenvalue weighted by Crippen LogP contribution is 2.28. The third-order valence-electron chi connectivity index (χ3n) is 3.11. The topological polar surface area (TPSA) is 30.2 Å². The minimum Gasteiger partial charge on any atom is -0.423 e. The number of benzene rings is 1. The fourth-order valence-electron chi connectivity index (χ4n) is 2.20. The third-order valence-corrected chi connectivity index (χ3v) is 3.11. The van der Waals surface area contributed by atoms with E-state index in [1.54, 1.807) is 6.07 Å². The average molecular weight is 216 g/mol. The lowest BCUT2D eigenvalue weighted by molar-refractivity contribution is 0.551. The van der Waals surface area contributed by atoms with Crippen molar-refractivity contribution >= 4 is 11.0 Å². The summed E-state index contributed by atoms with van der Waals surface area (Å²) in [6, 6.07) is 9.38. The second-order valence-corrected chi connectivity index (χ2v) is 4.03. The molecule has 2 nitrogen and oxygen atoms in total. The first kappa shape index (κ1) is 10.9. The molecule has 1 aromatic carbocycles. The minimum atomic E-state index is -0.249. The van der Waals surface area contributed by atoms with Gasteiger partial charge >= 0.3 is 5.63 Å². The molecule has 16 heavy (non-hydrogen) atoms. The predicted molar refractivity (Wildman–Crippen MR) is 65.8 cm³/mol. The van der Waals surface area contributed by atoms with Crippen LogP contribution in [-0.2, 0) is 0 Å². The zero-order valence-corrected chi connectivity index (χ0v) is 9.69. The lowest BCUT2D eigenvalue weighted by Gasteiger charge is -2.14. The van der Waals surface area contributed by atoms with E-state index in [-0.39, 0.29) is 5.63 Å². The van der Waals surface area contributed by atoms with E-state index in [1.807, 2.05) is 24.3 Å². The Morgan fingerprint density at radius 3 is 2.56 bits per heavy atom. The zero-order valence-electron chi connectivity index (χ0n) is 9.69. The van der Waals surface area contributed by atoms with Gasteiger partial charge in [-0.2, -0.15) is 0 Å². The van der Waals surface area contributed by atoms with Crippen molar-refractivity contribution in [3.8, 4) is 0 Å². The maximum absolute atomic E-state index is 11.5. The van der Waals surface area contributed by atoms with E-state index < -0.39 is 0 Å². The van der Waals surface area contributed by atoms with Gasteiger partial charge in [0.1, 0.15) is 5.58 Å². The van der Waals surface area contributed by atoms with Crippen LogP contribution in [0.1, 0.15) is 38.2 Å². The molecule has 0 N–H and O–H groups in total. The van der Waals surface area contributed by atoms with Crippen molar-refractivity contribution in [1.82, 2.24) is 0 Å². The Morgan fingerprint density at radius 1 is 1.19 bits per heavy atom. The van der Waals surface area contributed by atoms with Gasteiger partial charge in [-0.1, -0.05) is 32.0 Å². The highest BCUT2D eigenvalue weighted by molar-refractivity contribution is 5.80. The molecule has 2 aromatic rings. The SMILES string of the molecule is CCC(CC)c1cc(=O)oc2ccccc12. The molecule has 0 amide bonds. The van der Waals surface area contributed by atoms with Crippen molar-refractivity contribution in [2.24, 2.45) is 0 Å². The quantitative estimate of drug-likeness (QED) is 0.732. The summed E-state index contributed by atoms with van der Waals surface area (Å²) >= 11 is 0. The largest absolute Gasteiger partial charge is 0.423 e. The lowest BCUT2D eigenvalue weighted by atomic mass is 9.92. The van der Waals surface area contributed by atoms with Crippen molar-refractivity contribution < 1.29 is 4.42 Å². The van der Waals surface area contributed by atoms with Gasteiger partial charge in [0.05, 0.1) is 0 Å². The summed E-state index contributed by atoms with van der Waals surface area (Å²) in [5, 5.41) is 1.07. The Kier molecular flexibility index (Phi) is 3.09. The summed E-state index contributed by atoms with van der Waals surface area (Å²) in [5.74, 6) is 0.439. The predicted octanol–water partition coefficient (Wildman–Crippen LogP) is 3.70. The monoisotopic (exact) mass is 216 g/mol. The summed E-state index contributed by atoms with van der Waals surface area (Å²) in [5.41, 5.74) is 1.56. The van der Waals surface area contributed by atoms with Crippen LogP contribution in [0.15, 0.2) is 39.5 Å². The highest BCUT2D eigenvalue weighted by atomic mass is 16.4. The Morgan fingerprint density at radius 2 is 1.88 bits per heavy atom. The minimum absolute atomic E-state index is 0.249. The number of para-hydroxylation sites is 1. The first-order valence-electron chi connectivity index (χ1n) is 5.79. The summed E-state index contributed by atoms with van der Waals surface area (Å²) in [6.45, 7) is 4.30. The van der Waals surface area contributed by atoms with Crippen LogP contribution in [-0.4, -0.2) is 0 Å². The van der Waals surface area contributed by atoms with Gasteiger partial charge in [0, 0.05) is 11.5 Å². The zero-order chi connectivity index (χ0) is 11.5. The van der Waals surface area contributed by atoms with Crippen molar-refractivity contribution in [3.05, 3.63) is 46.3 Å². The fourth-order valence-corrected chi connectivity index (χ4v) is 2.20. The Bertz CT molecular complexity index is 536. The number of hydrogen-bond donors (Lipinski definition) is 0. The van der Waals surface area contributed by atoms with Gasteiger partial charge in [-0.05, 0) is 30.4 Å². The molecule has 0 unspecified atom stereocenters. The van der Waals surface area contributed by atoms with Gasteiger partial charge in [0.2, 0.25) is 0 Å².